The highest BCUT2D eigenvalue weighted by molar-refractivity contribution is 5.86. The summed E-state index contributed by atoms with van der Waals surface area (Å²) in [5, 5.41) is 6.25. The number of hydrogen-bond donors (Lipinski definition) is 2. The minimum atomic E-state index is -1.18. The second kappa shape index (κ2) is 10.9. The van der Waals surface area contributed by atoms with Gasteiger partial charge in [-0.25, -0.2) is 4.79 Å². The van der Waals surface area contributed by atoms with Gasteiger partial charge >= 0.3 is 12.1 Å². The van der Waals surface area contributed by atoms with Crippen molar-refractivity contribution in [3.8, 4) is 0 Å². The summed E-state index contributed by atoms with van der Waals surface area (Å²) in [6.07, 6.45) is 5.40. The minimum Gasteiger partial charge on any atom is -0.450 e. The molecule has 0 saturated heterocycles. The Morgan fingerprint density at radius 2 is 1.47 bits per heavy atom. The van der Waals surface area contributed by atoms with Crippen LogP contribution in [0.2, 0.25) is 0 Å². The molecule has 0 radical (unpaired) electrons. The zero-order valence-corrected chi connectivity index (χ0v) is 24.0. The third kappa shape index (κ3) is 7.73. The number of amides is 2. The maximum atomic E-state index is 14.0. The molecule has 2 amide bonds. The highest BCUT2D eigenvalue weighted by Gasteiger charge is 2.52. The molecule has 0 aliphatic heterocycles. The third-order valence-corrected chi connectivity index (χ3v) is 7.98. The van der Waals surface area contributed by atoms with E-state index in [9.17, 15) is 14.4 Å². The van der Waals surface area contributed by atoms with E-state index in [1.54, 1.807) is 20.8 Å². The number of ether oxygens (including phenoxy) is 2. The zero-order chi connectivity index (χ0) is 27.7. The van der Waals surface area contributed by atoms with Crippen LogP contribution in [-0.2, 0) is 25.5 Å². The Labute approximate surface area is 227 Å². The molecule has 2 atom stereocenters. The van der Waals surface area contributed by atoms with E-state index in [2.05, 4.69) is 10.6 Å². The molecular weight excluding hydrogens is 480 g/mol. The van der Waals surface area contributed by atoms with E-state index >= 15 is 0 Å². The van der Waals surface area contributed by atoms with Crippen LogP contribution in [0, 0.1) is 23.2 Å². The molecule has 0 spiro atoms. The van der Waals surface area contributed by atoms with E-state index in [1.165, 1.54) is 19.3 Å². The van der Waals surface area contributed by atoms with Crippen LogP contribution in [-0.4, -0.2) is 41.3 Å². The first-order chi connectivity index (χ1) is 17.7. The van der Waals surface area contributed by atoms with Crippen molar-refractivity contribution in [1.29, 1.82) is 0 Å². The number of hydrogen-bond acceptors (Lipinski definition) is 5. The van der Waals surface area contributed by atoms with Gasteiger partial charge in [-0.05, 0) is 94.4 Å². The Morgan fingerprint density at radius 3 is 1.97 bits per heavy atom. The van der Waals surface area contributed by atoms with Crippen molar-refractivity contribution in [2.75, 3.05) is 0 Å². The Bertz CT molecular complexity index is 972. The van der Waals surface area contributed by atoms with Crippen LogP contribution in [0.4, 0.5) is 4.79 Å². The average Bonchev–Trinajstić information content (AvgIpc) is 2.74. The third-order valence-electron chi connectivity index (χ3n) is 7.98. The highest BCUT2D eigenvalue weighted by Crippen LogP contribution is 2.55. The summed E-state index contributed by atoms with van der Waals surface area (Å²) >= 11 is 0. The Balaban J connectivity index is 1.60. The van der Waals surface area contributed by atoms with Gasteiger partial charge in [-0.3, -0.25) is 9.59 Å². The first kappa shape index (κ1) is 28.4. The Hall–Kier alpha value is -2.57. The molecule has 4 fully saturated rings. The maximum Gasteiger partial charge on any atom is 0.408 e. The van der Waals surface area contributed by atoms with Gasteiger partial charge in [-0.1, -0.05) is 51.1 Å². The predicted octanol–water partition coefficient (Wildman–Crippen LogP) is 5.56. The molecule has 38 heavy (non-hydrogen) atoms. The van der Waals surface area contributed by atoms with Gasteiger partial charge in [0.2, 0.25) is 6.10 Å². The van der Waals surface area contributed by atoms with Gasteiger partial charge in [0, 0.05) is 5.54 Å². The average molecular weight is 527 g/mol. The number of carbonyl (C=O) groups excluding carboxylic acids is 3. The van der Waals surface area contributed by atoms with Gasteiger partial charge in [0.25, 0.3) is 5.91 Å². The van der Waals surface area contributed by atoms with Crippen molar-refractivity contribution in [2.24, 2.45) is 23.2 Å². The molecule has 7 nitrogen and oxygen atoms in total. The smallest absolute Gasteiger partial charge is 0.408 e. The second-order valence-electron chi connectivity index (χ2n) is 14.3. The molecule has 5 rings (SSSR count). The number of alkyl carbamates (subject to hydrolysis) is 1. The number of benzene rings is 1. The molecule has 0 aromatic heterocycles. The normalized spacial score (nSPS) is 27.8. The first-order valence-corrected chi connectivity index (χ1v) is 14.2. The largest absolute Gasteiger partial charge is 0.450 e. The van der Waals surface area contributed by atoms with Crippen LogP contribution in [0.1, 0.15) is 92.1 Å². The SMILES string of the molecule is CC(C)(C)CC(=O)OC(C(=O)NC12CC3CC(CC(C3)C1)C2)[C@H](Cc1ccccc1)NC(=O)OC(C)(C)C. The highest BCUT2D eigenvalue weighted by atomic mass is 16.6. The maximum absolute atomic E-state index is 14.0. The van der Waals surface area contributed by atoms with Crippen LogP contribution in [0.3, 0.4) is 0 Å². The molecule has 1 aromatic rings. The van der Waals surface area contributed by atoms with E-state index in [4.69, 9.17) is 9.47 Å². The lowest BCUT2D eigenvalue weighted by Gasteiger charge is -2.57. The van der Waals surface area contributed by atoms with Crippen molar-refractivity contribution in [2.45, 2.75) is 116 Å². The molecule has 4 bridgehead atoms. The van der Waals surface area contributed by atoms with Gasteiger partial charge < -0.3 is 20.1 Å². The fraction of sp³-hybridized carbons (Fsp3) is 0.710. The second-order valence-corrected chi connectivity index (χ2v) is 14.3. The standard InChI is InChI=1S/C31H46N2O5/c1-29(2,3)19-25(34)37-26(27(35)33-31-16-21-12-22(17-31)14-23(13-21)18-31)24(15-20-10-8-7-9-11-20)32-28(36)38-30(4,5)6/h7-11,21-24,26H,12-19H2,1-6H3,(H,32,36)(H,33,35)/t21?,22?,23?,24-,26?,31?/m0/s1. The van der Waals surface area contributed by atoms with Crippen LogP contribution in [0.5, 0.6) is 0 Å². The van der Waals surface area contributed by atoms with Gasteiger partial charge in [-0.2, -0.15) is 0 Å². The molecule has 4 aliphatic rings. The molecule has 2 N–H and O–H groups in total. The van der Waals surface area contributed by atoms with E-state index in [1.807, 2.05) is 51.1 Å². The van der Waals surface area contributed by atoms with Gasteiger partial charge in [0.05, 0.1) is 12.5 Å². The minimum absolute atomic E-state index is 0.165. The molecule has 4 saturated carbocycles. The summed E-state index contributed by atoms with van der Waals surface area (Å²) in [6, 6.07) is 8.83. The van der Waals surface area contributed by atoms with Gasteiger partial charge in [0.1, 0.15) is 5.60 Å². The molecule has 210 valence electrons. The molecule has 7 heteroatoms. The number of esters is 1. The van der Waals surface area contributed by atoms with Crippen molar-refractivity contribution < 1.29 is 23.9 Å². The Kier molecular flexibility index (Phi) is 8.15. The monoisotopic (exact) mass is 526 g/mol. The number of rotatable bonds is 8. The molecule has 0 heterocycles. The van der Waals surface area contributed by atoms with Gasteiger partial charge in [0.15, 0.2) is 0 Å². The lowest BCUT2D eigenvalue weighted by atomic mass is 9.53. The van der Waals surface area contributed by atoms with Crippen LogP contribution >= 0.6 is 0 Å². The van der Waals surface area contributed by atoms with Crippen LogP contribution in [0.25, 0.3) is 0 Å². The summed E-state index contributed by atoms with van der Waals surface area (Å²) in [6.45, 7) is 11.2. The summed E-state index contributed by atoms with van der Waals surface area (Å²) in [7, 11) is 0. The molecule has 4 aliphatic carbocycles. The fourth-order valence-electron chi connectivity index (χ4n) is 7.09. The van der Waals surface area contributed by atoms with E-state index in [0.717, 1.165) is 24.8 Å². The van der Waals surface area contributed by atoms with Crippen LogP contribution in [0.15, 0.2) is 30.3 Å². The van der Waals surface area contributed by atoms with Crippen molar-refractivity contribution in [3.63, 3.8) is 0 Å². The topological polar surface area (TPSA) is 93.7 Å². The van der Waals surface area contributed by atoms with Crippen molar-refractivity contribution in [1.82, 2.24) is 10.6 Å². The summed E-state index contributed by atoms with van der Waals surface area (Å²) in [5.74, 6) is 1.19. The lowest BCUT2D eigenvalue weighted by Crippen LogP contribution is -2.63. The fourth-order valence-corrected chi connectivity index (χ4v) is 7.09. The van der Waals surface area contributed by atoms with E-state index in [0.29, 0.717) is 24.2 Å². The van der Waals surface area contributed by atoms with E-state index in [-0.39, 0.29) is 23.3 Å². The van der Waals surface area contributed by atoms with Gasteiger partial charge in [-0.15, -0.1) is 0 Å². The predicted molar refractivity (Wildman–Crippen MR) is 146 cm³/mol. The zero-order valence-electron chi connectivity index (χ0n) is 24.0. The number of nitrogens with one attached hydrogen (secondary N) is 2. The first-order valence-electron chi connectivity index (χ1n) is 14.2. The number of carbonyl (C=O) groups is 3. The summed E-state index contributed by atoms with van der Waals surface area (Å²) < 4.78 is 11.5. The molecule has 1 aromatic carbocycles. The lowest BCUT2D eigenvalue weighted by molar-refractivity contribution is -0.161. The Morgan fingerprint density at radius 1 is 0.921 bits per heavy atom. The molecule has 1 unspecified atom stereocenters. The summed E-state index contributed by atoms with van der Waals surface area (Å²) in [5.41, 5.74) is -0.329. The van der Waals surface area contributed by atoms with E-state index < -0.39 is 29.8 Å². The van der Waals surface area contributed by atoms with Crippen LogP contribution < -0.4 is 10.6 Å². The van der Waals surface area contributed by atoms with Crippen molar-refractivity contribution >= 4 is 18.0 Å². The summed E-state index contributed by atoms with van der Waals surface area (Å²) in [4.78, 5) is 40.0. The quantitative estimate of drug-likeness (QED) is 0.433. The molecular formula is C31H46N2O5. The van der Waals surface area contributed by atoms with Crippen molar-refractivity contribution in [3.05, 3.63) is 35.9 Å².